The van der Waals surface area contributed by atoms with Crippen molar-refractivity contribution in [3.63, 3.8) is 0 Å². The number of methoxy groups -OCH3 is 2. The van der Waals surface area contributed by atoms with Crippen molar-refractivity contribution in [3.8, 4) is 11.5 Å². The van der Waals surface area contributed by atoms with Crippen LogP contribution in [0.4, 0.5) is 5.13 Å². The number of nitrogens with zero attached hydrogens (tertiary/aromatic N) is 2. The van der Waals surface area contributed by atoms with E-state index in [0.717, 1.165) is 10.3 Å². The Balaban J connectivity index is 1.48. The average molecular weight is 498 g/mol. The lowest BCUT2D eigenvalue weighted by atomic mass is 10.2. The van der Waals surface area contributed by atoms with Gasteiger partial charge in [-0.25, -0.2) is 13.4 Å². The summed E-state index contributed by atoms with van der Waals surface area (Å²) >= 11 is 1.30. The molecule has 0 saturated heterocycles. The Hall–Kier alpha value is -3.47. The van der Waals surface area contributed by atoms with Crippen molar-refractivity contribution < 1.29 is 22.7 Å². The van der Waals surface area contributed by atoms with Gasteiger partial charge in [0, 0.05) is 31.3 Å². The van der Waals surface area contributed by atoms with Gasteiger partial charge in [0.05, 0.1) is 29.3 Å². The monoisotopic (exact) mass is 497 g/mol. The number of sulfonamides is 1. The van der Waals surface area contributed by atoms with Crippen LogP contribution in [0, 0.1) is 0 Å². The summed E-state index contributed by atoms with van der Waals surface area (Å²) in [7, 11) is 0.922. The zero-order chi connectivity index (χ0) is 24.3. The van der Waals surface area contributed by atoms with Gasteiger partial charge in [0.1, 0.15) is 0 Å². The molecule has 1 aromatic heterocycles. The van der Waals surface area contributed by atoms with Crippen molar-refractivity contribution in [3.05, 3.63) is 77.9 Å². The van der Waals surface area contributed by atoms with E-state index >= 15 is 0 Å². The standard InChI is InChI=1S/C24H23N3O5S2/c1-27(15-16-7-5-4-6-8-16)34(29,30)18-11-9-17(10-12-18)23(28)26-24-25-19-13-20(31-2)21(32-3)14-22(19)33-24/h4-14H,15H2,1-3H3,(H,25,26,28). The van der Waals surface area contributed by atoms with Crippen LogP contribution in [-0.4, -0.2) is 44.9 Å². The van der Waals surface area contributed by atoms with E-state index in [-0.39, 0.29) is 17.3 Å². The summed E-state index contributed by atoms with van der Waals surface area (Å²) in [6, 6.07) is 18.7. The minimum Gasteiger partial charge on any atom is -0.493 e. The highest BCUT2D eigenvalue weighted by Crippen LogP contribution is 2.36. The first kappa shape index (κ1) is 23.7. The molecule has 176 valence electrons. The summed E-state index contributed by atoms with van der Waals surface area (Å²) in [4.78, 5) is 17.3. The van der Waals surface area contributed by atoms with Gasteiger partial charge in [0.25, 0.3) is 5.91 Å². The zero-order valence-electron chi connectivity index (χ0n) is 18.8. The quantitative estimate of drug-likeness (QED) is 0.388. The fraction of sp³-hybridized carbons (Fsp3) is 0.167. The second kappa shape index (κ2) is 9.80. The molecule has 1 amide bonds. The zero-order valence-corrected chi connectivity index (χ0v) is 20.4. The molecule has 1 heterocycles. The fourth-order valence-corrected chi connectivity index (χ4v) is 5.39. The lowest BCUT2D eigenvalue weighted by Crippen LogP contribution is -2.26. The van der Waals surface area contributed by atoms with Gasteiger partial charge in [-0.1, -0.05) is 41.7 Å². The fourth-order valence-electron chi connectivity index (χ4n) is 3.36. The van der Waals surface area contributed by atoms with Crippen molar-refractivity contribution in [1.82, 2.24) is 9.29 Å². The van der Waals surface area contributed by atoms with Gasteiger partial charge < -0.3 is 9.47 Å². The Bertz CT molecular complexity index is 1380. The molecule has 0 bridgehead atoms. The van der Waals surface area contributed by atoms with Crippen LogP contribution in [0.15, 0.2) is 71.6 Å². The summed E-state index contributed by atoms with van der Waals surface area (Å²) in [6.45, 7) is 0.249. The minimum absolute atomic E-state index is 0.113. The Morgan fingerprint density at radius 3 is 2.29 bits per heavy atom. The molecule has 3 aromatic carbocycles. The van der Waals surface area contributed by atoms with Crippen molar-refractivity contribution in [1.29, 1.82) is 0 Å². The number of anilines is 1. The summed E-state index contributed by atoms with van der Waals surface area (Å²) in [5, 5.41) is 3.17. The van der Waals surface area contributed by atoms with Crippen LogP contribution >= 0.6 is 11.3 Å². The number of thiazole rings is 1. The van der Waals surface area contributed by atoms with Gasteiger partial charge in [-0.2, -0.15) is 4.31 Å². The summed E-state index contributed by atoms with van der Waals surface area (Å²) in [5.74, 6) is 0.734. The first-order chi connectivity index (χ1) is 16.3. The van der Waals surface area contributed by atoms with E-state index in [2.05, 4.69) is 10.3 Å². The van der Waals surface area contributed by atoms with Crippen LogP contribution in [0.1, 0.15) is 15.9 Å². The molecule has 0 spiro atoms. The molecule has 0 aliphatic rings. The van der Waals surface area contributed by atoms with Crippen molar-refractivity contribution in [2.45, 2.75) is 11.4 Å². The molecule has 8 nitrogen and oxygen atoms in total. The molecule has 0 radical (unpaired) electrons. The molecule has 4 rings (SSSR count). The number of aromatic nitrogens is 1. The van der Waals surface area contributed by atoms with Gasteiger partial charge in [-0.15, -0.1) is 0 Å². The SMILES string of the molecule is COc1cc2nc(NC(=O)c3ccc(S(=O)(=O)N(C)Cc4ccccc4)cc3)sc2cc1OC. The predicted octanol–water partition coefficient (Wildman–Crippen LogP) is 4.39. The summed E-state index contributed by atoms with van der Waals surface area (Å²) in [5.41, 5.74) is 1.87. The topological polar surface area (TPSA) is 97.8 Å². The molecular formula is C24H23N3O5S2. The minimum atomic E-state index is -3.70. The number of benzene rings is 3. The number of carbonyl (C=O) groups excluding carboxylic acids is 1. The number of ether oxygens (including phenoxy) is 2. The Morgan fingerprint density at radius 1 is 1.00 bits per heavy atom. The number of hydrogen-bond donors (Lipinski definition) is 1. The maximum absolute atomic E-state index is 12.9. The highest BCUT2D eigenvalue weighted by atomic mass is 32.2. The number of fused-ring (bicyclic) bond motifs is 1. The molecule has 0 aliphatic carbocycles. The Kier molecular flexibility index (Phi) is 6.82. The van der Waals surface area contributed by atoms with Crippen molar-refractivity contribution in [2.75, 3.05) is 26.6 Å². The molecule has 0 unspecified atom stereocenters. The number of rotatable bonds is 8. The molecule has 4 aromatic rings. The van der Waals surface area contributed by atoms with E-state index in [1.54, 1.807) is 26.4 Å². The van der Waals surface area contributed by atoms with Crippen LogP contribution in [0.2, 0.25) is 0 Å². The second-order valence-electron chi connectivity index (χ2n) is 7.42. The van der Waals surface area contributed by atoms with E-state index in [1.165, 1.54) is 47.0 Å². The lowest BCUT2D eigenvalue weighted by Gasteiger charge is -2.17. The molecule has 0 saturated carbocycles. The van der Waals surface area contributed by atoms with Crippen LogP contribution in [0.3, 0.4) is 0 Å². The number of hydrogen-bond acceptors (Lipinski definition) is 7. The van der Waals surface area contributed by atoms with Crippen LogP contribution in [-0.2, 0) is 16.6 Å². The normalized spacial score (nSPS) is 11.5. The molecule has 0 fully saturated rings. The Labute approximate surface area is 201 Å². The Morgan fingerprint density at radius 2 is 1.65 bits per heavy atom. The van der Waals surface area contributed by atoms with E-state index in [0.29, 0.717) is 27.7 Å². The first-order valence-electron chi connectivity index (χ1n) is 10.3. The van der Waals surface area contributed by atoms with Gasteiger partial charge in [-0.05, 0) is 29.8 Å². The number of amides is 1. The number of carbonyl (C=O) groups is 1. The third-order valence-electron chi connectivity index (χ3n) is 5.19. The van der Waals surface area contributed by atoms with Gasteiger partial charge in [-0.3, -0.25) is 10.1 Å². The average Bonchev–Trinajstić information content (AvgIpc) is 3.24. The smallest absolute Gasteiger partial charge is 0.257 e. The van der Waals surface area contributed by atoms with Gasteiger partial charge in [0.15, 0.2) is 16.6 Å². The van der Waals surface area contributed by atoms with Crippen molar-refractivity contribution in [2.24, 2.45) is 0 Å². The van der Waals surface area contributed by atoms with E-state index < -0.39 is 10.0 Å². The molecule has 34 heavy (non-hydrogen) atoms. The number of nitrogens with one attached hydrogen (secondary N) is 1. The molecule has 1 N–H and O–H groups in total. The maximum Gasteiger partial charge on any atom is 0.257 e. The van der Waals surface area contributed by atoms with E-state index in [1.807, 2.05) is 30.3 Å². The largest absolute Gasteiger partial charge is 0.493 e. The van der Waals surface area contributed by atoms with Crippen molar-refractivity contribution >= 4 is 42.6 Å². The highest BCUT2D eigenvalue weighted by Gasteiger charge is 2.21. The van der Waals surface area contributed by atoms with E-state index in [9.17, 15) is 13.2 Å². The van der Waals surface area contributed by atoms with Gasteiger partial charge in [0.2, 0.25) is 10.0 Å². The first-order valence-corrected chi connectivity index (χ1v) is 12.5. The molecule has 10 heteroatoms. The highest BCUT2D eigenvalue weighted by molar-refractivity contribution is 7.89. The lowest BCUT2D eigenvalue weighted by molar-refractivity contribution is 0.102. The van der Waals surface area contributed by atoms with Crippen LogP contribution < -0.4 is 14.8 Å². The molecular weight excluding hydrogens is 474 g/mol. The summed E-state index contributed by atoms with van der Waals surface area (Å²) < 4.78 is 38.5. The van der Waals surface area contributed by atoms with Gasteiger partial charge >= 0.3 is 0 Å². The third kappa shape index (κ3) is 4.89. The van der Waals surface area contributed by atoms with Crippen LogP contribution in [0.25, 0.3) is 10.2 Å². The predicted molar refractivity (Wildman–Crippen MR) is 132 cm³/mol. The molecule has 0 atom stereocenters. The van der Waals surface area contributed by atoms with E-state index in [4.69, 9.17) is 9.47 Å². The second-order valence-corrected chi connectivity index (χ2v) is 10.5. The molecule has 0 aliphatic heterocycles. The summed E-state index contributed by atoms with van der Waals surface area (Å²) in [6.07, 6.45) is 0. The third-order valence-corrected chi connectivity index (χ3v) is 7.94. The maximum atomic E-state index is 12.9. The van der Waals surface area contributed by atoms with Crippen LogP contribution in [0.5, 0.6) is 11.5 Å².